The molecule has 0 spiro atoms. The lowest BCUT2D eigenvalue weighted by Crippen LogP contribution is -2.37. The third-order valence-electron chi connectivity index (χ3n) is 4.19. The van der Waals surface area contributed by atoms with Gasteiger partial charge in [0.25, 0.3) is 0 Å². The van der Waals surface area contributed by atoms with Crippen molar-refractivity contribution in [3.05, 3.63) is 54.7 Å². The molecule has 0 atom stereocenters. The van der Waals surface area contributed by atoms with Crippen LogP contribution >= 0.6 is 0 Å². The van der Waals surface area contributed by atoms with E-state index in [2.05, 4.69) is 15.1 Å². The molecule has 0 aliphatic heterocycles. The normalized spacial score (nSPS) is 11.5. The van der Waals surface area contributed by atoms with Gasteiger partial charge in [-0.15, -0.1) is 0 Å². The molecule has 0 unspecified atom stereocenters. The van der Waals surface area contributed by atoms with E-state index in [0.29, 0.717) is 5.69 Å². The summed E-state index contributed by atoms with van der Waals surface area (Å²) in [4.78, 5) is 13.5. The fraction of sp³-hybridized carbons (Fsp3) is 0.222. The van der Waals surface area contributed by atoms with Crippen LogP contribution in [0.25, 0.3) is 16.6 Å². The number of aromatic nitrogens is 2. The standard InChI is InChI=1S/C18H21N5O3S/c1-19-27(25,26)12-11-22(2)18(24)21-15-7-9-16(10-8-15)23-17-6-4-3-5-14(17)13-20-23/h3-10,13,19H,11-12H2,1-2H3,(H,21,24). The van der Waals surface area contributed by atoms with E-state index in [9.17, 15) is 13.2 Å². The van der Waals surface area contributed by atoms with Crippen molar-refractivity contribution >= 4 is 32.6 Å². The van der Waals surface area contributed by atoms with Gasteiger partial charge in [0, 0.05) is 24.7 Å². The van der Waals surface area contributed by atoms with Crippen LogP contribution in [0, 0.1) is 0 Å². The number of hydrogen-bond acceptors (Lipinski definition) is 4. The van der Waals surface area contributed by atoms with Crippen molar-refractivity contribution in [3.63, 3.8) is 0 Å². The summed E-state index contributed by atoms with van der Waals surface area (Å²) >= 11 is 0. The largest absolute Gasteiger partial charge is 0.327 e. The number of carbonyl (C=O) groups excluding carboxylic acids is 1. The van der Waals surface area contributed by atoms with Crippen LogP contribution in [-0.2, 0) is 10.0 Å². The number of para-hydroxylation sites is 1. The number of sulfonamides is 1. The second-order valence-corrected chi connectivity index (χ2v) is 8.08. The topological polar surface area (TPSA) is 96.3 Å². The molecule has 27 heavy (non-hydrogen) atoms. The van der Waals surface area contributed by atoms with Gasteiger partial charge in [-0.3, -0.25) is 0 Å². The summed E-state index contributed by atoms with van der Waals surface area (Å²) in [5, 5.41) is 8.19. The van der Waals surface area contributed by atoms with E-state index in [-0.39, 0.29) is 18.3 Å². The van der Waals surface area contributed by atoms with E-state index < -0.39 is 10.0 Å². The number of amides is 2. The summed E-state index contributed by atoms with van der Waals surface area (Å²) in [7, 11) is -0.458. The lowest BCUT2D eigenvalue weighted by molar-refractivity contribution is 0.225. The molecule has 9 heteroatoms. The van der Waals surface area contributed by atoms with E-state index >= 15 is 0 Å². The first-order valence-electron chi connectivity index (χ1n) is 8.36. The molecule has 1 heterocycles. The monoisotopic (exact) mass is 387 g/mol. The quantitative estimate of drug-likeness (QED) is 0.676. The Kier molecular flexibility index (Phi) is 5.43. The Labute approximate surface area is 157 Å². The summed E-state index contributed by atoms with van der Waals surface area (Å²) < 4.78 is 27.0. The third-order valence-corrected chi connectivity index (χ3v) is 5.54. The molecule has 0 aliphatic carbocycles. The first-order chi connectivity index (χ1) is 12.9. The fourth-order valence-corrected chi connectivity index (χ4v) is 3.26. The molecule has 0 radical (unpaired) electrons. The average Bonchev–Trinajstić information content (AvgIpc) is 3.11. The predicted molar refractivity (Wildman–Crippen MR) is 106 cm³/mol. The maximum atomic E-state index is 12.2. The highest BCUT2D eigenvalue weighted by Gasteiger charge is 2.13. The van der Waals surface area contributed by atoms with Gasteiger partial charge < -0.3 is 10.2 Å². The van der Waals surface area contributed by atoms with E-state index in [1.54, 1.807) is 25.4 Å². The van der Waals surface area contributed by atoms with Crippen molar-refractivity contribution in [1.29, 1.82) is 0 Å². The highest BCUT2D eigenvalue weighted by atomic mass is 32.2. The molecule has 1 aromatic heterocycles. The molecule has 2 N–H and O–H groups in total. The van der Waals surface area contributed by atoms with Crippen LogP contribution in [-0.4, -0.2) is 55.5 Å². The minimum absolute atomic E-state index is 0.0896. The first kappa shape index (κ1) is 18.9. The van der Waals surface area contributed by atoms with Crippen molar-refractivity contribution in [1.82, 2.24) is 19.4 Å². The number of rotatable bonds is 6. The predicted octanol–water partition coefficient (Wildman–Crippen LogP) is 2.04. The molecule has 0 saturated heterocycles. The number of urea groups is 1. The zero-order valence-corrected chi connectivity index (χ0v) is 15.9. The molecule has 2 amide bonds. The van der Waals surface area contributed by atoms with Crippen molar-refractivity contribution in [2.24, 2.45) is 0 Å². The van der Waals surface area contributed by atoms with Crippen molar-refractivity contribution in [3.8, 4) is 5.69 Å². The lowest BCUT2D eigenvalue weighted by Gasteiger charge is -2.18. The van der Waals surface area contributed by atoms with Crippen LogP contribution < -0.4 is 10.0 Å². The van der Waals surface area contributed by atoms with E-state index in [0.717, 1.165) is 16.6 Å². The second-order valence-electron chi connectivity index (χ2n) is 6.04. The zero-order chi connectivity index (χ0) is 19.4. The van der Waals surface area contributed by atoms with Crippen molar-refractivity contribution in [2.75, 3.05) is 31.7 Å². The molecular weight excluding hydrogens is 366 g/mol. The van der Waals surface area contributed by atoms with Gasteiger partial charge in [0.05, 0.1) is 23.2 Å². The highest BCUT2D eigenvalue weighted by Crippen LogP contribution is 2.19. The smallest absolute Gasteiger partial charge is 0.321 e. The Morgan fingerprint density at radius 2 is 1.85 bits per heavy atom. The van der Waals surface area contributed by atoms with Gasteiger partial charge in [-0.1, -0.05) is 18.2 Å². The Morgan fingerprint density at radius 1 is 1.15 bits per heavy atom. The summed E-state index contributed by atoms with van der Waals surface area (Å²) in [6, 6.07) is 14.8. The molecular formula is C18H21N5O3S. The molecule has 0 saturated carbocycles. The number of anilines is 1. The molecule has 0 fully saturated rings. The summed E-state index contributed by atoms with van der Waals surface area (Å²) in [6.45, 7) is 0.0896. The Morgan fingerprint density at radius 3 is 2.56 bits per heavy atom. The maximum Gasteiger partial charge on any atom is 0.321 e. The third kappa shape index (κ3) is 4.44. The fourth-order valence-electron chi connectivity index (χ4n) is 2.54. The zero-order valence-electron chi connectivity index (χ0n) is 15.1. The van der Waals surface area contributed by atoms with Gasteiger partial charge in [0.1, 0.15) is 0 Å². The summed E-state index contributed by atoms with van der Waals surface area (Å²) in [5.74, 6) is -0.154. The number of fused-ring (bicyclic) bond motifs is 1. The van der Waals surface area contributed by atoms with Gasteiger partial charge in [-0.2, -0.15) is 5.10 Å². The van der Waals surface area contributed by atoms with Gasteiger partial charge in [0.15, 0.2) is 0 Å². The number of hydrogen-bond donors (Lipinski definition) is 2. The highest BCUT2D eigenvalue weighted by molar-refractivity contribution is 7.89. The SMILES string of the molecule is CNS(=O)(=O)CCN(C)C(=O)Nc1ccc(-n2ncc3ccccc32)cc1. The molecule has 2 aromatic carbocycles. The van der Waals surface area contributed by atoms with E-state index in [4.69, 9.17) is 0 Å². The number of nitrogens with zero attached hydrogens (tertiary/aromatic N) is 3. The van der Waals surface area contributed by atoms with Crippen molar-refractivity contribution < 1.29 is 13.2 Å². The van der Waals surface area contributed by atoms with Crippen LogP contribution in [0.4, 0.5) is 10.5 Å². The number of carbonyl (C=O) groups is 1. The second kappa shape index (κ2) is 7.77. The van der Waals surface area contributed by atoms with Crippen LogP contribution in [0.15, 0.2) is 54.7 Å². The Hall–Kier alpha value is -2.91. The minimum atomic E-state index is -3.35. The van der Waals surface area contributed by atoms with Gasteiger partial charge in [-0.25, -0.2) is 22.6 Å². The van der Waals surface area contributed by atoms with Gasteiger partial charge in [-0.05, 0) is 37.4 Å². The first-order valence-corrected chi connectivity index (χ1v) is 10.0. The number of nitrogens with one attached hydrogen (secondary N) is 2. The Balaban J connectivity index is 1.66. The molecule has 142 valence electrons. The maximum absolute atomic E-state index is 12.2. The molecule has 8 nitrogen and oxygen atoms in total. The number of benzene rings is 2. The van der Waals surface area contributed by atoms with Gasteiger partial charge >= 0.3 is 6.03 Å². The van der Waals surface area contributed by atoms with Crippen LogP contribution in [0.1, 0.15) is 0 Å². The van der Waals surface area contributed by atoms with E-state index in [1.165, 1.54) is 11.9 Å². The van der Waals surface area contributed by atoms with Crippen LogP contribution in [0.5, 0.6) is 0 Å². The molecule has 0 bridgehead atoms. The van der Waals surface area contributed by atoms with Gasteiger partial charge in [0.2, 0.25) is 10.0 Å². The minimum Gasteiger partial charge on any atom is -0.327 e. The Bertz CT molecular complexity index is 1040. The summed E-state index contributed by atoms with van der Waals surface area (Å²) in [6.07, 6.45) is 1.80. The van der Waals surface area contributed by atoms with Crippen LogP contribution in [0.2, 0.25) is 0 Å². The molecule has 3 aromatic rings. The molecule has 0 aliphatic rings. The molecule has 3 rings (SSSR count). The average molecular weight is 387 g/mol. The van der Waals surface area contributed by atoms with Crippen molar-refractivity contribution in [2.45, 2.75) is 0 Å². The van der Waals surface area contributed by atoms with Crippen LogP contribution in [0.3, 0.4) is 0 Å². The summed E-state index contributed by atoms with van der Waals surface area (Å²) in [5.41, 5.74) is 2.49. The lowest BCUT2D eigenvalue weighted by atomic mass is 10.2. The van der Waals surface area contributed by atoms with E-state index in [1.807, 2.05) is 41.1 Å².